The van der Waals surface area contributed by atoms with E-state index in [1.807, 2.05) is 6.92 Å². The Morgan fingerprint density at radius 2 is 1.64 bits per heavy atom. The van der Waals surface area contributed by atoms with E-state index in [9.17, 15) is 4.79 Å². The van der Waals surface area contributed by atoms with Crippen molar-refractivity contribution in [2.45, 2.75) is 6.92 Å². The van der Waals surface area contributed by atoms with E-state index in [0.29, 0.717) is 24.5 Å². The van der Waals surface area contributed by atoms with Crippen molar-refractivity contribution in [3.63, 3.8) is 0 Å². The smallest absolute Gasteiger partial charge is 0.255 e. The van der Waals surface area contributed by atoms with Crippen molar-refractivity contribution >= 4 is 11.6 Å². The van der Waals surface area contributed by atoms with Gasteiger partial charge in [-0.25, -0.2) is 0 Å². The fourth-order valence-corrected chi connectivity index (χ4v) is 1.86. The summed E-state index contributed by atoms with van der Waals surface area (Å²) in [6.07, 6.45) is 1.68. The fourth-order valence-electron chi connectivity index (χ4n) is 1.86. The number of amides is 1. The van der Waals surface area contributed by atoms with Gasteiger partial charge in [0.2, 0.25) is 0 Å². The molecule has 0 saturated carbocycles. The van der Waals surface area contributed by atoms with Crippen LogP contribution in [-0.4, -0.2) is 19.1 Å². The van der Waals surface area contributed by atoms with Gasteiger partial charge in [0.05, 0.1) is 6.61 Å². The topological polar surface area (TPSA) is 47.6 Å². The molecule has 2 aromatic rings. The lowest BCUT2D eigenvalue weighted by Gasteiger charge is -2.08. The number of carbonyl (C=O) groups is 1. The fraction of sp³-hybridized carbons (Fsp3) is 0.167. The summed E-state index contributed by atoms with van der Waals surface area (Å²) in [6, 6.07) is 14.2. The van der Waals surface area contributed by atoms with Crippen LogP contribution >= 0.6 is 0 Å². The summed E-state index contributed by atoms with van der Waals surface area (Å²) in [5.74, 6) is 1.32. The van der Waals surface area contributed by atoms with Crippen LogP contribution in [0.5, 0.6) is 11.5 Å². The van der Waals surface area contributed by atoms with Gasteiger partial charge in [0.1, 0.15) is 18.1 Å². The van der Waals surface area contributed by atoms with E-state index in [2.05, 4.69) is 11.9 Å². The first-order valence-electron chi connectivity index (χ1n) is 7.11. The van der Waals surface area contributed by atoms with Crippen molar-refractivity contribution in [1.29, 1.82) is 0 Å². The van der Waals surface area contributed by atoms with Gasteiger partial charge in [0.15, 0.2) is 0 Å². The molecule has 1 amide bonds. The quantitative estimate of drug-likeness (QED) is 0.788. The number of hydrogen-bond acceptors (Lipinski definition) is 3. The molecule has 0 spiro atoms. The second-order valence-corrected chi connectivity index (χ2v) is 4.54. The number of ether oxygens (including phenoxy) is 2. The van der Waals surface area contributed by atoms with E-state index in [4.69, 9.17) is 9.47 Å². The third-order valence-corrected chi connectivity index (χ3v) is 2.91. The van der Waals surface area contributed by atoms with Gasteiger partial charge in [-0.05, 0) is 55.5 Å². The van der Waals surface area contributed by atoms with Crippen LogP contribution in [0.4, 0.5) is 5.69 Å². The van der Waals surface area contributed by atoms with Crippen LogP contribution in [0.2, 0.25) is 0 Å². The van der Waals surface area contributed by atoms with E-state index in [0.717, 1.165) is 11.5 Å². The number of carbonyl (C=O) groups excluding carboxylic acids is 1. The van der Waals surface area contributed by atoms with Crippen LogP contribution in [-0.2, 0) is 0 Å². The molecule has 0 heterocycles. The zero-order valence-corrected chi connectivity index (χ0v) is 12.5. The predicted molar refractivity (Wildman–Crippen MR) is 87.7 cm³/mol. The molecule has 0 aliphatic carbocycles. The zero-order chi connectivity index (χ0) is 15.8. The van der Waals surface area contributed by atoms with Gasteiger partial charge in [0, 0.05) is 11.3 Å². The maximum absolute atomic E-state index is 12.1. The maximum Gasteiger partial charge on any atom is 0.255 e. The highest BCUT2D eigenvalue weighted by atomic mass is 16.5. The summed E-state index contributed by atoms with van der Waals surface area (Å²) in [6.45, 7) is 6.57. The lowest BCUT2D eigenvalue weighted by atomic mass is 10.2. The summed E-state index contributed by atoms with van der Waals surface area (Å²) in [5.41, 5.74) is 1.29. The molecule has 22 heavy (non-hydrogen) atoms. The average Bonchev–Trinajstić information content (AvgIpc) is 2.55. The molecule has 4 nitrogen and oxygen atoms in total. The Labute approximate surface area is 130 Å². The largest absolute Gasteiger partial charge is 0.494 e. The van der Waals surface area contributed by atoms with Gasteiger partial charge in [-0.1, -0.05) is 12.7 Å². The van der Waals surface area contributed by atoms with Gasteiger partial charge in [-0.15, -0.1) is 0 Å². The Morgan fingerprint density at radius 3 is 2.23 bits per heavy atom. The molecule has 0 aliphatic heterocycles. The first-order chi connectivity index (χ1) is 10.7. The van der Waals surface area contributed by atoms with E-state index in [1.165, 1.54) is 0 Å². The van der Waals surface area contributed by atoms with Gasteiger partial charge in [-0.3, -0.25) is 4.79 Å². The molecule has 0 bridgehead atoms. The van der Waals surface area contributed by atoms with E-state index in [-0.39, 0.29) is 5.91 Å². The minimum absolute atomic E-state index is 0.164. The third kappa shape index (κ3) is 4.38. The lowest BCUT2D eigenvalue weighted by molar-refractivity contribution is 0.102. The van der Waals surface area contributed by atoms with Crippen molar-refractivity contribution in [2.75, 3.05) is 18.5 Å². The van der Waals surface area contributed by atoms with Gasteiger partial charge in [0.25, 0.3) is 5.91 Å². The van der Waals surface area contributed by atoms with Crippen molar-refractivity contribution in [3.05, 3.63) is 66.7 Å². The number of anilines is 1. The van der Waals surface area contributed by atoms with E-state index in [1.54, 1.807) is 54.6 Å². The van der Waals surface area contributed by atoms with Gasteiger partial charge in [-0.2, -0.15) is 0 Å². The molecule has 0 saturated heterocycles. The molecule has 2 aromatic carbocycles. The minimum Gasteiger partial charge on any atom is -0.494 e. The molecular weight excluding hydrogens is 278 g/mol. The van der Waals surface area contributed by atoms with E-state index >= 15 is 0 Å². The minimum atomic E-state index is -0.164. The molecule has 114 valence electrons. The molecule has 4 heteroatoms. The molecular formula is C18H19NO3. The second-order valence-electron chi connectivity index (χ2n) is 4.54. The monoisotopic (exact) mass is 297 g/mol. The Bertz CT molecular complexity index is 618. The van der Waals surface area contributed by atoms with Crippen LogP contribution in [0.25, 0.3) is 0 Å². The standard InChI is InChI=1S/C18H19NO3/c1-3-13-22-17-11-7-15(8-12-17)19-18(20)14-5-9-16(10-6-14)21-4-2/h3,5-12H,1,4,13H2,2H3,(H,19,20). The van der Waals surface area contributed by atoms with Crippen LogP contribution in [0, 0.1) is 0 Å². The van der Waals surface area contributed by atoms with Crippen molar-refractivity contribution in [3.8, 4) is 11.5 Å². The molecule has 0 unspecified atom stereocenters. The van der Waals surface area contributed by atoms with Gasteiger partial charge >= 0.3 is 0 Å². The van der Waals surface area contributed by atoms with E-state index < -0.39 is 0 Å². The van der Waals surface area contributed by atoms with Crippen LogP contribution in [0.1, 0.15) is 17.3 Å². The van der Waals surface area contributed by atoms with Crippen molar-refractivity contribution in [1.82, 2.24) is 0 Å². The zero-order valence-electron chi connectivity index (χ0n) is 12.5. The lowest BCUT2D eigenvalue weighted by Crippen LogP contribution is -2.11. The summed E-state index contributed by atoms with van der Waals surface area (Å²) < 4.78 is 10.7. The highest BCUT2D eigenvalue weighted by molar-refractivity contribution is 6.04. The molecule has 2 rings (SSSR count). The molecule has 0 radical (unpaired) electrons. The van der Waals surface area contributed by atoms with Gasteiger partial charge < -0.3 is 14.8 Å². The highest BCUT2D eigenvalue weighted by Crippen LogP contribution is 2.17. The van der Waals surface area contributed by atoms with Crippen LogP contribution in [0.15, 0.2) is 61.2 Å². The molecule has 0 atom stereocenters. The number of hydrogen-bond donors (Lipinski definition) is 1. The Kier molecular flexibility index (Phi) is 5.60. The van der Waals surface area contributed by atoms with Crippen molar-refractivity contribution < 1.29 is 14.3 Å². The Balaban J connectivity index is 1.97. The molecule has 1 N–H and O–H groups in total. The summed E-state index contributed by atoms with van der Waals surface area (Å²) in [5, 5.41) is 2.84. The normalized spacial score (nSPS) is 9.86. The van der Waals surface area contributed by atoms with Crippen LogP contribution in [0.3, 0.4) is 0 Å². The number of benzene rings is 2. The summed E-state index contributed by atoms with van der Waals surface area (Å²) in [7, 11) is 0. The number of rotatable bonds is 7. The summed E-state index contributed by atoms with van der Waals surface area (Å²) in [4.78, 5) is 12.1. The number of nitrogens with one attached hydrogen (secondary N) is 1. The average molecular weight is 297 g/mol. The first kappa shape index (κ1) is 15.6. The highest BCUT2D eigenvalue weighted by Gasteiger charge is 2.06. The van der Waals surface area contributed by atoms with Crippen LogP contribution < -0.4 is 14.8 Å². The molecule has 0 aliphatic rings. The maximum atomic E-state index is 12.1. The molecule has 0 fully saturated rings. The SMILES string of the molecule is C=CCOc1ccc(NC(=O)c2ccc(OCC)cc2)cc1. The molecule has 0 aromatic heterocycles. The van der Waals surface area contributed by atoms with Crippen molar-refractivity contribution in [2.24, 2.45) is 0 Å². The first-order valence-corrected chi connectivity index (χ1v) is 7.11. The second kappa shape index (κ2) is 7.88. The summed E-state index contributed by atoms with van der Waals surface area (Å²) >= 11 is 0. The third-order valence-electron chi connectivity index (χ3n) is 2.91. The Morgan fingerprint density at radius 1 is 1.05 bits per heavy atom. The predicted octanol–water partition coefficient (Wildman–Crippen LogP) is 3.90. The Hall–Kier alpha value is -2.75.